The van der Waals surface area contributed by atoms with Gasteiger partial charge in [-0.05, 0) is 79.0 Å². The summed E-state index contributed by atoms with van der Waals surface area (Å²) in [5, 5.41) is 18.2. The van der Waals surface area contributed by atoms with Gasteiger partial charge in [-0.3, -0.25) is 14.8 Å². The molecule has 0 aliphatic carbocycles. The van der Waals surface area contributed by atoms with Crippen LogP contribution >= 0.6 is 0 Å². The molecule has 3 heterocycles. The van der Waals surface area contributed by atoms with Crippen molar-refractivity contribution in [3.05, 3.63) is 155 Å². The van der Waals surface area contributed by atoms with E-state index in [9.17, 15) is 19.5 Å². The lowest BCUT2D eigenvalue weighted by molar-refractivity contribution is -0.129. The summed E-state index contributed by atoms with van der Waals surface area (Å²) < 4.78 is 5.60. The summed E-state index contributed by atoms with van der Waals surface area (Å²) in [5.74, 6) is -0.303. The summed E-state index contributed by atoms with van der Waals surface area (Å²) in [4.78, 5) is 54.1. The Kier molecular flexibility index (Phi) is 14.1. The van der Waals surface area contributed by atoms with Gasteiger partial charge < -0.3 is 30.3 Å². The first-order chi connectivity index (χ1) is 28.3. The van der Waals surface area contributed by atoms with Crippen LogP contribution in [0, 0.1) is 19.3 Å². The number of hydrogen-bond acceptors (Lipinski definition) is 7. The molecule has 1 aliphatic heterocycles. The number of urea groups is 1. The van der Waals surface area contributed by atoms with Crippen LogP contribution < -0.4 is 10.6 Å². The van der Waals surface area contributed by atoms with Crippen molar-refractivity contribution in [2.24, 2.45) is 5.41 Å². The van der Waals surface area contributed by atoms with Crippen LogP contribution in [0.1, 0.15) is 61.0 Å². The maximum Gasteiger partial charge on any atom is 0.407 e. The topological polar surface area (TPSA) is 137 Å². The van der Waals surface area contributed by atoms with E-state index in [0.29, 0.717) is 32.5 Å². The molecule has 1 fully saturated rings. The molecule has 0 unspecified atom stereocenters. The van der Waals surface area contributed by atoms with Crippen LogP contribution in [-0.4, -0.2) is 80.2 Å². The number of ether oxygens (including phenoxy) is 1. The van der Waals surface area contributed by atoms with E-state index < -0.39 is 35.7 Å². The van der Waals surface area contributed by atoms with Gasteiger partial charge in [-0.2, -0.15) is 0 Å². The van der Waals surface area contributed by atoms with E-state index in [2.05, 4.69) is 20.6 Å². The molecule has 0 bridgehead atoms. The van der Waals surface area contributed by atoms with Crippen molar-refractivity contribution in [3.63, 3.8) is 0 Å². The number of nitrogens with one attached hydrogen (secondary N) is 2. The molecule has 6 rings (SSSR count). The molecule has 59 heavy (non-hydrogen) atoms. The Hall–Kier alpha value is -6.07. The molecule has 3 aromatic carbocycles. The number of alkyl carbamates (subject to hydrolysis) is 1. The van der Waals surface area contributed by atoms with Crippen molar-refractivity contribution in [2.45, 2.75) is 91.3 Å². The number of pyridine rings is 2. The van der Waals surface area contributed by atoms with Crippen LogP contribution in [0.3, 0.4) is 0 Å². The van der Waals surface area contributed by atoms with Crippen molar-refractivity contribution >= 4 is 18.0 Å². The number of rotatable bonds is 16. The Bertz CT molecular complexity index is 2140. The number of hydrogen-bond donors (Lipinski definition) is 3. The number of aryl methyl sites for hydroxylation is 2. The van der Waals surface area contributed by atoms with Gasteiger partial charge in [0.25, 0.3) is 0 Å². The van der Waals surface area contributed by atoms with E-state index in [1.54, 1.807) is 9.80 Å². The van der Waals surface area contributed by atoms with E-state index in [-0.39, 0.29) is 25.0 Å². The van der Waals surface area contributed by atoms with Crippen molar-refractivity contribution in [2.75, 3.05) is 13.1 Å². The van der Waals surface area contributed by atoms with Crippen LogP contribution in [0.5, 0.6) is 0 Å². The molecule has 3 N–H and O–H groups in total. The largest absolute Gasteiger partial charge is 0.445 e. The molecule has 308 valence electrons. The van der Waals surface area contributed by atoms with E-state index in [4.69, 9.17) is 4.74 Å². The highest BCUT2D eigenvalue weighted by atomic mass is 16.5. The fourth-order valence-electron chi connectivity index (χ4n) is 7.63. The van der Waals surface area contributed by atoms with Crippen molar-refractivity contribution in [1.82, 2.24) is 30.4 Å². The van der Waals surface area contributed by atoms with Crippen LogP contribution in [0.25, 0.3) is 11.1 Å². The van der Waals surface area contributed by atoms with Gasteiger partial charge in [0.1, 0.15) is 12.6 Å². The molecule has 11 nitrogen and oxygen atoms in total. The molecule has 1 aliphatic rings. The first-order valence-electron chi connectivity index (χ1n) is 20.3. The smallest absolute Gasteiger partial charge is 0.407 e. The van der Waals surface area contributed by atoms with Gasteiger partial charge in [-0.25, -0.2) is 9.59 Å². The zero-order valence-electron chi connectivity index (χ0n) is 34.7. The Balaban J connectivity index is 1.21. The molecule has 1 saturated heterocycles. The minimum absolute atomic E-state index is 0.0732. The first-order valence-corrected chi connectivity index (χ1v) is 20.3. The lowest BCUT2D eigenvalue weighted by atomic mass is 9.84. The first kappa shape index (κ1) is 42.5. The Morgan fingerprint density at radius 2 is 1.42 bits per heavy atom. The predicted octanol–water partition coefficient (Wildman–Crippen LogP) is 7.43. The second-order valence-corrected chi connectivity index (χ2v) is 16.5. The quantitative estimate of drug-likeness (QED) is 0.0945. The van der Waals surface area contributed by atoms with Gasteiger partial charge in [0.05, 0.1) is 24.4 Å². The van der Waals surface area contributed by atoms with Crippen molar-refractivity contribution in [1.29, 1.82) is 0 Å². The van der Waals surface area contributed by atoms with Gasteiger partial charge in [0.2, 0.25) is 5.91 Å². The molecule has 2 aromatic heterocycles. The summed E-state index contributed by atoms with van der Waals surface area (Å²) in [5.41, 5.74) is 6.69. The fourth-order valence-corrected chi connectivity index (χ4v) is 7.63. The summed E-state index contributed by atoms with van der Waals surface area (Å²) in [6, 6.07) is 34.6. The highest BCUT2D eigenvalue weighted by molar-refractivity contribution is 5.89. The number of carbonyl (C=O) groups is 3. The van der Waals surface area contributed by atoms with Crippen molar-refractivity contribution in [3.8, 4) is 11.1 Å². The minimum Gasteiger partial charge on any atom is -0.445 e. The third-order valence-electron chi connectivity index (χ3n) is 10.6. The van der Waals surface area contributed by atoms with Crippen LogP contribution in [0.2, 0.25) is 0 Å². The summed E-state index contributed by atoms with van der Waals surface area (Å²) in [7, 11) is 0. The molecular weight excluding hydrogens is 741 g/mol. The maximum atomic E-state index is 14.5. The summed E-state index contributed by atoms with van der Waals surface area (Å²) in [6.45, 7) is 11.0. The van der Waals surface area contributed by atoms with Crippen LogP contribution in [-0.2, 0) is 35.5 Å². The number of nitrogens with zero attached hydrogens (tertiary/aromatic N) is 4. The van der Waals surface area contributed by atoms with Gasteiger partial charge in [-0.15, -0.1) is 0 Å². The molecular formula is C48H56N6O5. The minimum atomic E-state index is -1.09. The molecule has 11 heteroatoms. The van der Waals surface area contributed by atoms with Gasteiger partial charge in [0, 0.05) is 42.3 Å². The van der Waals surface area contributed by atoms with Crippen LogP contribution in [0.4, 0.5) is 9.59 Å². The Morgan fingerprint density at radius 3 is 2.07 bits per heavy atom. The third-order valence-corrected chi connectivity index (χ3v) is 10.6. The number of carbonyl (C=O) groups excluding carboxylic acids is 3. The summed E-state index contributed by atoms with van der Waals surface area (Å²) >= 11 is 0. The SMILES string of the molecule is Cc1ccc(-c2ccc(C[C@H](NC(=O)OCc3ccccc3)[C@@H](O)C[C@H](Cc3ccccc3)NC(=O)[C@@H](N3CCN(Cc4cccc(C)n4)C3=O)C(C)(C)C)cc2)cn1. The highest BCUT2D eigenvalue weighted by Crippen LogP contribution is 2.29. The molecule has 0 saturated carbocycles. The Morgan fingerprint density at radius 1 is 0.763 bits per heavy atom. The maximum absolute atomic E-state index is 14.5. The average molecular weight is 797 g/mol. The van der Waals surface area contributed by atoms with E-state index in [1.807, 2.05) is 156 Å². The standard InChI is InChI=1S/C48H56N6O5/c1-33-19-22-39(30-49-33)38-23-20-36(21-24-38)28-42(52-46(57)59-32-37-16-10-7-11-17-37)43(55)29-41(27-35-14-8-6-9-15-35)51-45(56)44(48(3,4)5)54-26-25-53(47(54)58)31-40-18-12-13-34(2)50-40/h6-24,30,41-44,55H,25-29,31-32H2,1-5H3,(H,51,56)(H,52,57)/t41-,42-,43-,44+/m0/s1. The van der Waals surface area contributed by atoms with E-state index in [0.717, 1.165) is 44.9 Å². The zero-order valence-corrected chi connectivity index (χ0v) is 34.7. The van der Waals surface area contributed by atoms with E-state index >= 15 is 0 Å². The number of aliphatic hydroxyl groups excluding tert-OH is 1. The monoisotopic (exact) mass is 796 g/mol. The molecule has 0 radical (unpaired) electrons. The number of aliphatic hydroxyl groups is 1. The second kappa shape index (κ2) is 19.6. The van der Waals surface area contributed by atoms with E-state index in [1.165, 1.54) is 0 Å². The predicted molar refractivity (Wildman–Crippen MR) is 229 cm³/mol. The molecule has 5 aromatic rings. The lowest BCUT2D eigenvalue weighted by Crippen LogP contribution is -2.57. The summed E-state index contributed by atoms with van der Waals surface area (Å²) in [6.07, 6.45) is 0.934. The van der Waals surface area contributed by atoms with Gasteiger partial charge in [0.15, 0.2) is 0 Å². The third kappa shape index (κ3) is 12.0. The highest BCUT2D eigenvalue weighted by Gasteiger charge is 2.44. The Labute approximate surface area is 347 Å². The lowest BCUT2D eigenvalue weighted by Gasteiger charge is -2.38. The number of amides is 4. The normalized spacial score (nSPS) is 15.0. The zero-order chi connectivity index (χ0) is 41.9. The second-order valence-electron chi connectivity index (χ2n) is 16.5. The number of aromatic nitrogens is 2. The molecule has 4 atom stereocenters. The fraction of sp³-hybridized carbons (Fsp3) is 0.354. The van der Waals surface area contributed by atoms with Crippen molar-refractivity contribution < 1.29 is 24.2 Å². The van der Waals surface area contributed by atoms with Gasteiger partial charge in [-0.1, -0.05) is 118 Å². The van der Waals surface area contributed by atoms with Crippen LogP contribution in [0.15, 0.2) is 121 Å². The number of benzene rings is 3. The van der Waals surface area contributed by atoms with Gasteiger partial charge >= 0.3 is 12.1 Å². The molecule has 4 amide bonds. The average Bonchev–Trinajstić information content (AvgIpc) is 3.55. The molecule has 0 spiro atoms.